The third-order valence-corrected chi connectivity index (χ3v) is 7.17. The first kappa shape index (κ1) is 21.8. The van der Waals surface area contributed by atoms with Crippen LogP contribution in [-0.4, -0.2) is 91.7 Å². The number of nitrogens with one attached hydrogen (secondary N) is 2. The van der Waals surface area contributed by atoms with Crippen LogP contribution in [0.4, 0.5) is 11.8 Å². The Kier molecular flexibility index (Phi) is 6.97. The summed E-state index contributed by atoms with van der Waals surface area (Å²) in [6.07, 6.45) is 1.63. The van der Waals surface area contributed by atoms with Gasteiger partial charge >= 0.3 is 0 Å². The van der Waals surface area contributed by atoms with Crippen LogP contribution < -0.4 is 10.2 Å². The smallest absolute Gasteiger partial charge is 0.228 e. The SMILES string of the molecule is CCCCS(=O)(=O)N1CCN(CCNc2nc(N(C)C)nc3[nH]c(C)cc23)CC1. The van der Waals surface area contributed by atoms with Crippen molar-refractivity contribution in [2.24, 2.45) is 0 Å². The second-order valence-corrected chi connectivity index (χ2v) is 9.91. The number of H-pyrrole nitrogens is 1. The summed E-state index contributed by atoms with van der Waals surface area (Å²) in [5, 5.41) is 4.43. The molecule has 2 aromatic rings. The molecule has 3 heterocycles. The average Bonchev–Trinajstić information content (AvgIpc) is 3.07. The van der Waals surface area contributed by atoms with Crippen LogP contribution in [0.1, 0.15) is 25.5 Å². The molecule has 1 fully saturated rings. The Hall–Kier alpha value is -1.91. The van der Waals surface area contributed by atoms with Crippen molar-refractivity contribution < 1.29 is 8.42 Å². The van der Waals surface area contributed by atoms with Crippen molar-refractivity contribution in [1.82, 2.24) is 24.2 Å². The van der Waals surface area contributed by atoms with Gasteiger partial charge in [0.15, 0.2) is 0 Å². The fourth-order valence-corrected chi connectivity index (χ4v) is 5.11. The van der Waals surface area contributed by atoms with Crippen molar-refractivity contribution in [1.29, 1.82) is 0 Å². The first-order valence-electron chi connectivity index (χ1n) is 10.3. The molecule has 0 saturated carbocycles. The monoisotopic (exact) mass is 423 g/mol. The molecule has 0 bridgehead atoms. The van der Waals surface area contributed by atoms with Crippen LogP contribution in [0.3, 0.4) is 0 Å². The molecule has 9 nitrogen and oxygen atoms in total. The summed E-state index contributed by atoms with van der Waals surface area (Å²) < 4.78 is 26.3. The van der Waals surface area contributed by atoms with Crippen LogP contribution in [0.2, 0.25) is 0 Å². The number of hydrogen-bond donors (Lipinski definition) is 2. The third-order valence-electron chi connectivity index (χ3n) is 5.21. The van der Waals surface area contributed by atoms with Gasteiger partial charge < -0.3 is 15.2 Å². The maximum atomic E-state index is 12.3. The van der Waals surface area contributed by atoms with Gasteiger partial charge in [0.2, 0.25) is 16.0 Å². The normalized spacial score (nSPS) is 16.4. The lowest BCUT2D eigenvalue weighted by Crippen LogP contribution is -2.50. The highest BCUT2D eigenvalue weighted by atomic mass is 32.2. The molecule has 1 aliphatic heterocycles. The topological polar surface area (TPSA) is 97.5 Å². The fraction of sp³-hybridized carbons (Fsp3) is 0.684. The summed E-state index contributed by atoms with van der Waals surface area (Å²) in [4.78, 5) is 16.7. The van der Waals surface area contributed by atoms with Gasteiger partial charge in [-0.05, 0) is 19.4 Å². The molecule has 0 atom stereocenters. The number of hydrogen-bond acceptors (Lipinski definition) is 7. The van der Waals surface area contributed by atoms with Gasteiger partial charge in [0.05, 0.1) is 11.1 Å². The number of anilines is 2. The zero-order valence-electron chi connectivity index (χ0n) is 17.9. The van der Waals surface area contributed by atoms with E-state index in [0.717, 1.165) is 61.6 Å². The van der Waals surface area contributed by atoms with E-state index in [0.29, 0.717) is 19.0 Å². The molecule has 29 heavy (non-hydrogen) atoms. The summed E-state index contributed by atoms with van der Waals surface area (Å²) in [5.41, 5.74) is 1.88. The minimum atomic E-state index is -3.10. The Morgan fingerprint density at radius 3 is 2.59 bits per heavy atom. The lowest BCUT2D eigenvalue weighted by molar-refractivity contribution is 0.194. The van der Waals surface area contributed by atoms with E-state index in [9.17, 15) is 8.42 Å². The minimum Gasteiger partial charge on any atom is -0.368 e. The molecule has 0 unspecified atom stereocenters. The van der Waals surface area contributed by atoms with Crippen LogP contribution >= 0.6 is 0 Å². The highest BCUT2D eigenvalue weighted by Gasteiger charge is 2.26. The van der Waals surface area contributed by atoms with E-state index in [1.54, 1.807) is 4.31 Å². The van der Waals surface area contributed by atoms with E-state index in [1.165, 1.54) is 0 Å². The molecule has 0 aliphatic carbocycles. The molecular weight excluding hydrogens is 390 g/mol. The quantitative estimate of drug-likeness (QED) is 0.631. The number of aryl methyl sites for hydroxylation is 1. The lowest BCUT2D eigenvalue weighted by atomic mass is 10.3. The third kappa shape index (κ3) is 5.37. The van der Waals surface area contributed by atoms with Crippen molar-refractivity contribution in [2.45, 2.75) is 26.7 Å². The van der Waals surface area contributed by atoms with E-state index in [1.807, 2.05) is 32.8 Å². The summed E-state index contributed by atoms with van der Waals surface area (Å²) in [7, 11) is 0.749. The number of aromatic nitrogens is 3. The molecule has 10 heteroatoms. The zero-order chi connectivity index (χ0) is 21.0. The van der Waals surface area contributed by atoms with E-state index < -0.39 is 10.0 Å². The van der Waals surface area contributed by atoms with E-state index >= 15 is 0 Å². The summed E-state index contributed by atoms with van der Waals surface area (Å²) in [5.74, 6) is 1.75. The summed E-state index contributed by atoms with van der Waals surface area (Å²) in [6, 6.07) is 2.05. The Bertz CT molecular complexity index is 918. The largest absolute Gasteiger partial charge is 0.368 e. The number of rotatable bonds is 9. The molecule has 2 N–H and O–H groups in total. The van der Waals surface area contributed by atoms with Crippen LogP contribution in [0.25, 0.3) is 11.0 Å². The van der Waals surface area contributed by atoms with Crippen molar-refractivity contribution in [3.05, 3.63) is 11.8 Å². The van der Waals surface area contributed by atoms with Crippen molar-refractivity contribution in [2.75, 3.05) is 69.3 Å². The van der Waals surface area contributed by atoms with E-state index in [2.05, 4.69) is 31.2 Å². The van der Waals surface area contributed by atoms with Gasteiger partial charge in [-0.2, -0.15) is 14.3 Å². The van der Waals surface area contributed by atoms with Gasteiger partial charge in [0.1, 0.15) is 11.5 Å². The van der Waals surface area contributed by atoms with Gasteiger partial charge in [-0.15, -0.1) is 0 Å². The van der Waals surface area contributed by atoms with Gasteiger partial charge in [0.25, 0.3) is 0 Å². The van der Waals surface area contributed by atoms with Crippen molar-refractivity contribution in [3.63, 3.8) is 0 Å². The molecule has 1 saturated heterocycles. The molecule has 1 aliphatic rings. The second-order valence-electron chi connectivity index (χ2n) is 7.82. The first-order chi connectivity index (χ1) is 13.8. The fourth-order valence-electron chi connectivity index (χ4n) is 3.48. The summed E-state index contributed by atoms with van der Waals surface area (Å²) >= 11 is 0. The van der Waals surface area contributed by atoms with Crippen molar-refractivity contribution >= 4 is 32.8 Å². The van der Waals surface area contributed by atoms with Crippen LogP contribution in [0.5, 0.6) is 0 Å². The molecule has 0 spiro atoms. The van der Waals surface area contributed by atoms with Gasteiger partial charge in [-0.1, -0.05) is 13.3 Å². The van der Waals surface area contributed by atoms with Crippen LogP contribution in [-0.2, 0) is 10.0 Å². The Balaban J connectivity index is 1.55. The zero-order valence-corrected chi connectivity index (χ0v) is 18.7. The highest BCUT2D eigenvalue weighted by Crippen LogP contribution is 2.23. The molecular formula is C19H33N7O2S. The van der Waals surface area contributed by atoms with Gasteiger partial charge in [0, 0.05) is 59.1 Å². The molecule has 162 valence electrons. The molecule has 2 aromatic heterocycles. The Morgan fingerprint density at radius 1 is 1.21 bits per heavy atom. The lowest BCUT2D eigenvalue weighted by Gasteiger charge is -2.34. The minimum absolute atomic E-state index is 0.263. The van der Waals surface area contributed by atoms with Crippen molar-refractivity contribution in [3.8, 4) is 0 Å². The molecule has 0 radical (unpaired) electrons. The summed E-state index contributed by atoms with van der Waals surface area (Å²) in [6.45, 7) is 8.28. The van der Waals surface area contributed by atoms with E-state index in [-0.39, 0.29) is 5.75 Å². The first-order valence-corrected chi connectivity index (χ1v) is 11.9. The predicted octanol–water partition coefficient (Wildman–Crippen LogP) is 1.49. The second kappa shape index (κ2) is 9.27. The molecule has 0 aromatic carbocycles. The highest BCUT2D eigenvalue weighted by molar-refractivity contribution is 7.89. The predicted molar refractivity (Wildman–Crippen MR) is 118 cm³/mol. The molecule has 0 amide bonds. The average molecular weight is 424 g/mol. The maximum absolute atomic E-state index is 12.3. The van der Waals surface area contributed by atoms with E-state index in [4.69, 9.17) is 0 Å². The maximum Gasteiger partial charge on any atom is 0.228 e. The number of fused-ring (bicyclic) bond motifs is 1. The Morgan fingerprint density at radius 2 is 1.93 bits per heavy atom. The van der Waals surface area contributed by atoms with Gasteiger partial charge in [-0.3, -0.25) is 4.90 Å². The number of piperazine rings is 1. The van der Waals surface area contributed by atoms with Crippen LogP contribution in [0.15, 0.2) is 6.07 Å². The number of aromatic amines is 1. The number of sulfonamides is 1. The number of nitrogens with zero attached hydrogens (tertiary/aromatic N) is 5. The molecule has 3 rings (SSSR count). The standard InChI is InChI=1S/C19H33N7O2S/c1-5-6-13-29(27,28)26-11-9-25(10-12-26)8-7-20-17-16-14-15(2)21-18(16)23-19(22-17)24(3)4/h14H,5-13H2,1-4H3,(H2,20,21,22,23). The number of unbranched alkanes of at least 4 members (excludes halogenated alkanes) is 1. The van der Waals surface area contributed by atoms with Gasteiger partial charge in [-0.25, -0.2) is 8.42 Å². The Labute approximate surface area is 173 Å². The van der Waals surface area contributed by atoms with Crippen LogP contribution in [0, 0.1) is 6.92 Å².